The van der Waals surface area contributed by atoms with Gasteiger partial charge in [-0.25, -0.2) is 0 Å². The third-order valence-corrected chi connectivity index (χ3v) is 4.08. The number of esters is 1. The number of hydrogen-bond acceptors (Lipinski definition) is 5. The Labute approximate surface area is 149 Å². The van der Waals surface area contributed by atoms with Crippen molar-refractivity contribution in [1.82, 2.24) is 10.6 Å². The summed E-state index contributed by atoms with van der Waals surface area (Å²) < 4.78 is 4.79. The van der Waals surface area contributed by atoms with E-state index in [1.807, 2.05) is 31.2 Å². The first-order valence-corrected chi connectivity index (χ1v) is 8.39. The number of methoxy groups -OCH3 is 1. The molecule has 0 spiro atoms. The number of carbonyl (C=O) groups excluding carboxylic acids is 2. The van der Waals surface area contributed by atoms with Gasteiger partial charge in [-0.3, -0.25) is 9.59 Å². The van der Waals surface area contributed by atoms with Crippen LogP contribution < -0.4 is 10.6 Å². The fourth-order valence-electron chi connectivity index (χ4n) is 2.43. The van der Waals surface area contributed by atoms with Crippen molar-refractivity contribution in [3.8, 4) is 0 Å². The minimum Gasteiger partial charge on any atom is -0.469 e. The van der Waals surface area contributed by atoms with E-state index in [1.165, 1.54) is 18.1 Å². The molecule has 0 radical (unpaired) electrons. The molecule has 0 fully saturated rings. The van der Waals surface area contributed by atoms with Crippen LogP contribution in [0.25, 0.3) is 0 Å². The second-order valence-electron chi connectivity index (χ2n) is 5.81. The first-order chi connectivity index (χ1) is 11.4. The van der Waals surface area contributed by atoms with Crippen molar-refractivity contribution < 1.29 is 14.3 Å². The Morgan fingerprint density at radius 3 is 2.42 bits per heavy atom. The lowest BCUT2D eigenvalue weighted by molar-refractivity contribution is -0.145. The summed E-state index contributed by atoms with van der Waals surface area (Å²) in [6, 6.07) is 7.94. The highest BCUT2D eigenvalue weighted by Crippen LogP contribution is 2.14. The zero-order valence-electron chi connectivity index (χ0n) is 14.6. The Hall–Kier alpha value is -1.95. The molecule has 5 nitrogen and oxygen atoms in total. The molecule has 24 heavy (non-hydrogen) atoms. The fourth-order valence-corrected chi connectivity index (χ4v) is 2.67. The van der Waals surface area contributed by atoms with Crippen molar-refractivity contribution >= 4 is 24.5 Å². The van der Waals surface area contributed by atoms with Crippen molar-refractivity contribution in [3.63, 3.8) is 0 Å². The highest BCUT2D eigenvalue weighted by molar-refractivity contribution is 7.83. The van der Waals surface area contributed by atoms with Crippen molar-refractivity contribution in [2.24, 2.45) is 5.92 Å². The Kier molecular flexibility index (Phi) is 8.40. The molecule has 0 aliphatic carbocycles. The highest BCUT2D eigenvalue weighted by atomic mass is 32.1. The van der Waals surface area contributed by atoms with E-state index in [1.54, 1.807) is 14.0 Å². The van der Waals surface area contributed by atoms with Gasteiger partial charge in [-0.2, -0.15) is 0 Å². The summed E-state index contributed by atoms with van der Waals surface area (Å²) in [6.07, 6.45) is 1.13. The predicted molar refractivity (Wildman–Crippen MR) is 98.7 cm³/mol. The Morgan fingerprint density at radius 1 is 1.29 bits per heavy atom. The molecule has 1 rings (SSSR count). The van der Waals surface area contributed by atoms with Crippen LogP contribution in [0.2, 0.25) is 0 Å². The average molecular weight is 350 g/mol. The number of aryl methyl sites for hydroxylation is 1. The number of nitrogens with one attached hydrogen (secondary N) is 2. The molecule has 6 heteroatoms. The summed E-state index contributed by atoms with van der Waals surface area (Å²) in [5.41, 5.74) is 2.65. The van der Waals surface area contributed by atoms with E-state index in [9.17, 15) is 9.59 Å². The van der Waals surface area contributed by atoms with Gasteiger partial charge < -0.3 is 15.4 Å². The summed E-state index contributed by atoms with van der Waals surface area (Å²) in [5.74, 6) is -0.831. The van der Waals surface area contributed by atoms with Crippen LogP contribution in [0.5, 0.6) is 0 Å². The minimum absolute atomic E-state index is 0.189. The standard InChI is InChI=1S/C18H26N2O3S/c1-12-5-7-14(8-6-12)10-15(9-13(2)18(22)23-4)20-17(21)16(11-24)19-3/h5-8,11,13,15,19,24H,9-10H2,1-4H3,(H,20,21)/b16-11-/t13-,15+/m0/s1. The van der Waals surface area contributed by atoms with E-state index in [2.05, 4.69) is 23.3 Å². The van der Waals surface area contributed by atoms with Gasteiger partial charge >= 0.3 is 5.97 Å². The van der Waals surface area contributed by atoms with Gasteiger partial charge in [-0.1, -0.05) is 36.8 Å². The molecule has 132 valence electrons. The van der Waals surface area contributed by atoms with E-state index in [4.69, 9.17) is 4.74 Å². The maximum Gasteiger partial charge on any atom is 0.308 e. The summed E-state index contributed by atoms with van der Waals surface area (Å²) in [6.45, 7) is 3.83. The van der Waals surface area contributed by atoms with Crippen LogP contribution in [-0.2, 0) is 20.7 Å². The normalized spacial score (nSPS) is 13.8. The zero-order valence-corrected chi connectivity index (χ0v) is 15.5. The summed E-state index contributed by atoms with van der Waals surface area (Å²) in [4.78, 5) is 24.0. The minimum atomic E-state index is -0.302. The molecule has 0 aliphatic rings. The average Bonchev–Trinajstić information content (AvgIpc) is 2.57. The third kappa shape index (κ3) is 6.28. The predicted octanol–water partition coefficient (Wildman–Crippen LogP) is 2.21. The van der Waals surface area contributed by atoms with Crippen molar-refractivity contribution in [1.29, 1.82) is 0 Å². The van der Waals surface area contributed by atoms with E-state index >= 15 is 0 Å². The molecule has 0 bridgehead atoms. The molecule has 0 saturated heterocycles. The summed E-state index contributed by atoms with van der Waals surface area (Å²) >= 11 is 4.03. The van der Waals surface area contributed by atoms with E-state index in [0.29, 0.717) is 18.5 Å². The van der Waals surface area contributed by atoms with Gasteiger partial charge in [0, 0.05) is 13.1 Å². The fraction of sp³-hybridized carbons (Fsp3) is 0.444. The number of rotatable bonds is 8. The van der Waals surface area contributed by atoms with Crippen molar-refractivity contribution in [3.05, 3.63) is 46.5 Å². The summed E-state index contributed by atoms with van der Waals surface area (Å²) in [5, 5.41) is 7.18. The number of likely N-dealkylation sites (N-methyl/N-ethyl adjacent to an activating group) is 1. The first-order valence-electron chi connectivity index (χ1n) is 7.87. The van der Waals surface area contributed by atoms with Crippen LogP contribution in [0, 0.1) is 12.8 Å². The van der Waals surface area contributed by atoms with Crippen LogP contribution in [0.3, 0.4) is 0 Å². The lowest BCUT2D eigenvalue weighted by Gasteiger charge is -2.22. The van der Waals surface area contributed by atoms with Gasteiger partial charge in [-0.15, -0.1) is 12.6 Å². The molecule has 0 saturated carbocycles. The van der Waals surface area contributed by atoms with Crippen molar-refractivity contribution in [2.75, 3.05) is 14.2 Å². The topological polar surface area (TPSA) is 67.4 Å². The maximum atomic E-state index is 12.3. The van der Waals surface area contributed by atoms with Crippen LogP contribution >= 0.6 is 12.6 Å². The highest BCUT2D eigenvalue weighted by Gasteiger charge is 2.22. The number of hydrogen-bond donors (Lipinski definition) is 3. The number of benzene rings is 1. The first kappa shape index (κ1) is 20.1. The summed E-state index contributed by atoms with van der Waals surface area (Å²) in [7, 11) is 3.03. The zero-order chi connectivity index (χ0) is 18.1. The third-order valence-electron chi connectivity index (χ3n) is 3.82. The second-order valence-corrected chi connectivity index (χ2v) is 6.07. The molecule has 0 aliphatic heterocycles. The molecule has 1 aromatic carbocycles. The largest absolute Gasteiger partial charge is 0.469 e. The van der Waals surface area contributed by atoms with Gasteiger partial charge in [0.15, 0.2) is 0 Å². The number of thiol groups is 1. The molecule has 0 unspecified atom stereocenters. The molecule has 0 heterocycles. The van der Waals surface area contributed by atoms with Gasteiger partial charge in [0.05, 0.1) is 13.0 Å². The molecule has 0 aromatic heterocycles. The number of ether oxygens (including phenoxy) is 1. The lowest BCUT2D eigenvalue weighted by atomic mass is 9.95. The van der Waals surface area contributed by atoms with E-state index in [-0.39, 0.29) is 23.8 Å². The SMILES string of the molecule is CN/C(=C\S)C(=O)N[C@@H](Cc1ccc(C)cc1)C[C@H](C)C(=O)OC. The van der Waals surface area contributed by atoms with Gasteiger partial charge in [0.1, 0.15) is 5.70 Å². The lowest BCUT2D eigenvalue weighted by Crippen LogP contribution is -2.41. The molecule has 1 aromatic rings. The molecular formula is C18H26N2O3S. The van der Waals surface area contributed by atoms with Crippen LogP contribution in [-0.4, -0.2) is 32.1 Å². The van der Waals surface area contributed by atoms with Crippen LogP contribution in [0.15, 0.2) is 35.4 Å². The Bertz CT molecular complexity index is 584. The van der Waals surface area contributed by atoms with E-state index < -0.39 is 0 Å². The number of amides is 1. The second kappa shape index (κ2) is 10.0. The Balaban J connectivity index is 2.87. The van der Waals surface area contributed by atoms with Crippen LogP contribution in [0.4, 0.5) is 0 Å². The molecular weight excluding hydrogens is 324 g/mol. The Morgan fingerprint density at radius 2 is 1.92 bits per heavy atom. The monoisotopic (exact) mass is 350 g/mol. The molecule has 2 N–H and O–H groups in total. The smallest absolute Gasteiger partial charge is 0.308 e. The van der Waals surface area contributed by atoms with Gasteiger partial charge in [-0.05, 0) is 30.7 Å². The van der Waals surface area contributed by atoms with Crippen LogP contribution in [0.1, 0.15) is 24.5 Å². The molecule has 2 atom stereocenters. The maximum absolute atomic E-state index is 12.3. The van der Waals surface area contributed by atoms with E-state index in [0.717, 1.165) is 5.56 Å². The number of carbonyl (C=O) groups is 2. The molecule has 1 amide bonds. The van der Waals surface area contributed by atoms with Crippen molar-refractivity contribution in [2.45, 2.75) is 32.7 Å². The van der Waals surface area contributed by atoms with Gasteiger partial charge in [0.25, 0.3) is 5.91 Å². The van der Waals surface area contributed by atoms with Gasteiger partial charge in [0.2, 0.25) is 0 Å². The quantitative estimate of drug-likeness (QED) is 0.382.